The van der Waals surface area contributed by atoms with Crippen molar-refractivity contribution in [1.29, 1.82) is 0 Å². The van der Waals surface area contributed by atoms with Crippen LogP contribution in [-0.4, -0.2) is 28.8 Å². The van der Waals surface area contributed by atoms with Crippen molar-refractivity contribution in [3.05, 3.63) is 18.0 Å². The van der Waals surface area contributed by atoms with E-state index in [1.54, 1.807) is 0 Å². The molecule has 5 nitrogen and oxygen atoms in total. The Morgan fingerprint density at radius 3 is 3.06 bits per heavy atom. The van der Waals surface area contributed by atoms with Gasteiger partial charge in [0, 0.05) is 18.5 Å². The second-order valence-electron chi connectivity index (χ2n) is 4.20. The summed E-state index contributed by atoms with van der Waals surface area (Å²) in [7, 11) is 0. The van der Waals surface area contributed by atoms with Crippen LogP contribution in [0.15, 0.2) is 16.8 Å². The van der Waals surface area contributed by atoms with Crippen LogP contribution in [0.5, 0.6) is 0 Å². The van der Waals surface area contributed by atoms with Crippen LogP contribution >= 0.6 is 0 Å². The minimum atomic E-state index is -0.288. The SMILES string of the molecule is O=C(NCC1CCCCC1O)c1ccno1. The van der Waals surface area contributed by atoms with Gasteiger partial charge in [0.25, 0.3) is 5.91 Å². The third kappa shape index (κ3) is 2.61. The lowest BCUT2D eigenvalue weighted by Crippen LogP contribution is -2.36. The normalized spacial score (nSPS) is 25.3. The molecule has 0 radical (unpaired) electrons. The molecule has 2 N–H and O–H groups in total. The molecule has 88 valence electrons. The molecule has 2 unspecified atom stereocenters. The van der Waals surface area contributed by atoms with Gasteiger partial charge >= 0.3 is 0 Å². The van der Waals surface area contributed by atoms with Crippen LogP contribution in [0.4, 0.5) is 0 Å². The summed E-state index contributed by atoms with van der Waals surface area (Å²) in [4.78, 5) is 11.5. The maximum atomic E-state index is 11.5. The number of nitrogens with zero attached hydrogens (tertiary/aromatic N) is 1. The molecule has 1 fully saturated rings. The number of rotatable bonds is 3. The minimum Gasteiger partial charge on any atom is -0.393 e. The lowest BCUT2D eigenvalue weighted by molar-refractivity contribution is 0.0653. The third-order valence-electron chi connectivity index (χ3n) is 3.06. The van der Waals surface area contributed by atoms with Crippen molar-refractivity contribution in [2.45, 2.75) is 31.8 Å². The van der Waals surface area contributed by atoms with Crippen molar-refractivity contribution >= 4 is 5.91 Å². The minimum absolute atomic E-state index is 0.167. The average Bonchev–Trinajstić information content (AvgIpc) is 2.81. The fourth-order valence-corrected chi connectivity index (χ4v) is 2.07. The molecule has 0 bridgehead atoms. The summed E-state index contributed by atoms with van der Waals surface area (Å²) in [6.07, 6.45) is 5.15. The van der Waals surface area contributed by atoms with Gasteiger partial charge in [0.15, 0.2) is 0 Å². The Morgan fingerprint density at radius 1 is 1.56 bits per heavy atom. The summed E-state index contributed by atoms with van der Waals surface area (Å²) < 4.78 is 4.74. The molecule has 1 heterocycles. The van der Waals surface area contributed by atoms with Gasteiger partial charge in [-0.25, -0.2) is 0 Å². The largest absolute Gasteiger partial charge is 0.393 e. The summed E-state index contributed by atoms with van der Waals surface area (Å²) in [6, 6.07) is 1.52. The van der Waals surface area contributed by atoms with Gasteiger partial charge in [0.2, 0.25) is 5.76 Å². The van der Waals surface area contributed by atoms with Crippen LogP contribution in [0.25, 0.3) is 0 Å². The Bertz CT molecular complexity index is 337. The highest BCUT2D eigenvalue weighted by molar-refractivity contribution is 5.91. The lowest BCUT2D eigenvalue weighted by Gasteiger charge is -2.27. The Kier molecular flexibility index (Phi) is 3.56. The highest BCUT2D eigenvalue weighted by Gasteiger charge is 2.23. The van der Waals surface area contributed by atoms with E-state index in [1.807, 2.05) is 0 Å². The van der Waals surface area contributed by atoms with Crippen LogP contribution in [0.3, 0.4) is 0 Å². The van der Waals surface area contributed by atoms with E-state index >= 15 is 0 Å². The second-order valence-corrected chi connectivity index (χ2v) is 4.20. The third-order valence-corrected chi connectivity index (χ3v) is 3.06. The van der Waals surface area contributed by atoms with Crippen molar-refractivity contribution in [2.24, 2.45) is 5.92 Å². The zero-order chi connectivity index (χ0) is 11.4. The van der Waals surface area contributed by atoms with Crippen LogP contribution in [0, 0.1) is 5.92 Å². The number of hydrogen-bond acceptors (Lipinski definition) is 4. The molecule has 1 aromatic heterocycles. The van der Waals surface area contributed by atoms with Crippen LogP contribution in [0.2, 0.25) is 0 Å². The molecule has 16 heavy (non-hydrogen) atoms. The monoisotopic (exact) mass is 224 g/mol. The van der Waals surface area contributed by atoms with Gasteiger partial charge in [-0.15, -0.1) is 0 Å². The van der Waals surface area contributed by atoms with Crippen molar-refractivity contribution in [3.8, 4) is 0 Å². The molecule has 2 rings (SSSR count). The fraction of sp³-hybridized carbons (Fsp3) is 0.636. The molecule has 1 aliphatic carbocycles. The number of aliphatic hydroxyl groups excluding tert-OH is 1. The van der Waals surface area contributed by atoms with E-state index in [0.29, 0.717) is 6.54 Å². The summed E-state index contributed by atoms with van der Waals surface area (Å²) >= 11 is 0. The van der Waals surface area contributed by atoms with E-state index in [4.69, 9.17) is 4.52 Å². The number of aromatic nitrogens is 1. The highest BCUT2D eigenvalue weighted by atomic mass is 16.5. The molecule has 0 spiro atoms. The average molecular weight is 224 g/mol. The number of carbonyl (C=O) groups excluding carboxylic acids is 1. The topological polar surface area (TPSA) is 75.4 Å². The van der Waals surface area contributed by atoms with Gasteiger partial charge in [0.1, 0.15) is 0 Å². The highest BCUT2D eigenvalue weighted by Crippen LogP contribution is 2.23. The van der Waals surface area contributed by atoms with Crippen molar-refractivity contribution in [2.75, 3.05) is 6.54 Å². The van der Waals surface area contributed by atoms with Gasteiger partial charge in [0.05, 0.1) is 12.3 Å². The molecule has 2 atom stereocenters. The molecule has 0 aromatic carbocycles. The predicted molar refractivity (Wildman–Crippen MR) is 56.8 cm³/mol. The molecule has 5 heteroatoms. The molecular weight excluding hydrogens is 208 g/mol. The zero-order valence-electron chi connectivity index (χ0n) is 9.06. The van der Waals surface area contributed by atoms with Gasteiger partial charge in [-0.2, -0.15) is 0 Å². The van der Waals surface area contributed by atoms with Gasteiger partial charge in [-0.05, 0) is 12.8 Å². The Hall–Kier alpha value is -1.36. The molecule has 0 aliphatic heterocycles. The Morgan fingerprint density at radius 2 is 2.38 bits per heavy atom. The standard InChI is InChI=1S/C11H16N2O3/c14-9-4-2-1-3-8(9)7-12-11(15)10-5-6-13-16-10/h5-6,8-9,14H,1-4,7H2,(H,12,15). The fourth-order valence-electron chi connectivity index (χ4n) is 2.07. The van der Waals surface area contributed by atoms with Gasteiger partial charge in [-0.3, -0.25) is 4.79 Å². The first-order valence-electron chi connectivity index (χ1n) is 5.64. The first kappa shape index (κ1) is 11.1. The van der Waals surface area contributed by atoms with E-state index < -0.39 is 0 Å². The summed E-state index contributed by atoms with van der Waals surface area (Å²) in [5.74, 6) is 0.112. The second kappa shape index (κ2) is 5.12. The molecular formula is C11H16N2O3. The summed E-state index contributed by atoms with van der Waals surface area (Å²) in [5, 5.41) is 15.9. The Balaban J connectivity index is 1.80. The van der Waals surface area contributed by atoms with Gasteiger partial charge < -0.3 is 14.9 Å². The van der Waals surface area contributed by atoms with Crippen LogP contribution in [-0.2, 0) is 0 Å². The molecule has 1 aromatic rings. The predicted octanol–water partition coefficient (Wildman–Crippen LogP) is 0.955. The molecule has 1 aliphatic rings. The number of hydrogen-bond donors (Lipinski definition) is 2. The van der Waals surface area contributed by atoms with Crippen molar-refractivity contribution < 1.29 is 14.4 Å². The van der Waals surface area contributed by atoms with E-state index in [-0.39, 0.29) is 23.7 Å². The molecule has 1 saturated carbocycles. The van der Waals surface area contributed by atoms with Crippen LogP contribution in [0.1, 0.15) is 36.2 Å². The number of aliphatic hydroxyl groups is 1. The summed E-state index contributed by atoms with van der Waals surface area (Å²) in [5.41, 5.74) is 0. The van der Waals surface area contributed by atoms with E-state index in [9.17, 15) is 9.90 Å². The maximum absolute atomic E-state index is 11.5. The van der Waals surface area contributed by atoms with E-state index in [0.717, 1.165) is 25.7 Å². The molecule has 0 saturated heterocycles. The summed E-state index contributed by atoms with van der Waals surface area (Å²) in [6.45, 7) is 0.501. The van der Waals surface area contributed by atoms with Crippen LogP contribution < -0.4 is 5.32 Å². The smallest absolute Gasteiger partial charge is 0.289 e. The quantitative estimate of drug-likeness (QED) is 0.801. The molecule has 1 amide bonds. The first-order chi connectivity index (χ1) is 7.77. The Labute approximate surface area is 93.8 Å². The number of amides is 1. The lowest BCUT2D eigenvalue weighted by atomic mass is 9.86. The van der Waals surface area contributed by atoms with E-state index in [2.05, 4.69) is 10.5 Å². The zero-order valence-corrected chi connectivity index (χ0v) is 9.06. The maximum Gasteiger partial charge on any atom is 0.289 e. The number of nitrogens with one attached hydrogen (secondary N) is 1. The van der Waals surface area contributed by atoms with Crippen molar-refractivity contribution in [3.63, 3.8) is 0 Å². The van der Waals surface area contributed by atoms with E-state index in [1.165, 1.54) is 12.3 Å². The first-order valence-corrected chi connectivity index (χ1v) is 5.64. The number of carbonyl (C=O) groups is 1. The van der Waals surface area contributed by atoms with Crippen molar-refractivity contribution in [1.82, 2.24) is 10.5 Å². The van der Waals surface area contributed by atoms with Gasteiger partial charge in [-0.1, -0.05) is 18.0 Å².